The first kappa shape index (κ1) is 14.4. The van der Waals surface area contributed by atoms with Crippen LogP contribution in [0.2, 0.25) is 0 Å². The minimum atomic E-state index is -3.84. The molecule has 7 nitrogen and oxygen atoms in total. The molecule has 1 aliphatic rings. The fraction of sp³-hybridized carbons (Fsp3) is 0.600. The average molecular weight is 305 g/mol. The minimum Gasteiger partial charge on any atom is -0.478 e. The van der Waals surface area contributed by atoms with E-state index in [1.807, 2.05) is 13.8 Å². The van der Waals surface area contributed by atoms with Crippen LogP contribution in [0, 0.1) is 0 Å². The summed E-state index contributed by atoms with van der Waals surface area (Å²) in [6.45, 7) is 4.65. The van der Waals surface area contributed by atoms with E-state index < -0.39 is 16.0 Å². The van der Waals surface area contributed by atoms with Crippen LogP contribution in [0.15, 0.2) is 11.2 Å². The van der Waals surface area contributed by atoms with Crippen molar-refractivity contribution >= 4 is 27.8 Å². The number of hydrogen-bond donors (Lipinski definition) is 2. The smallest absolute Gasteiger partial charge is 0.340 e. The summed E-state index contributed by atoms with van der Waals surface area (Å²) in [6, 6.07) is 0. The Balaban J connectivity index is 2.37. The fourth-order valence-electron chi connectivity index (χ4n) is 2.08. The molecule has 1 aromatic rings. The van der Waals surface area contributed by atoms with Gasteiger partial charge in [-0.2, -0.15) is 21.2 Å². The normalized spacial score (nSPS) is 25.4. The van der Waals surface area contributed by atoms with Crippen LogP contribution in [0.5, 0.6) is 0 Å². The van der Waals surface area contributed by atoms with Crippen LogP contribution < -0.4 is 0 Å². The van der Waals surface area contributed by atoms with E-state index in [0.717, 1.165) is 6.20 Å². The van der Waals surface area contributed by atoms with Gasteiger partial charge in [0.2, 0.25) is 0 Å². The number of carboxylic acid groups (broad SMARTS) is 1. The predicted octanol–water partition coefficient (Wildman–Crippen LogP) is 0.622. The zero-order chi connectivity index (χ0) is 14.2. The van der Waals surface area contributed by atoms with Gasteiger partial charge in [-0.15, -0.1) is 0 Å². The van der Waals surface area contributed by atoms with Gasteiger partial charge in [0.15, 0.2) is 5.03 Å². The molecular formula is C10H15N3O4S2. The van der Waals surface area contributed by atoms with Gasteiger partial charge in [-0.1, -0.05) is 13.8 Å². The number of hydrogen-bond acceptors (Lipinski definition) is 5. The van der Waals surface area contributed by atoms with Gasteiger partial charge in [-0.3, -0.25) is 5.10 Å². The van der Waals surface area contributed by atoms with E-state index in [4.69, 9.17) is 5.11 Å². The summed E-state index contributed by atoms with van der Waals surface area (Å²) >= 11 is 1.72. The SMILES string of the molecule is CC1CN(S(=O)(=O)c2[nH]ncc2C(=O)O)CC(C)S1. The number of carbonyl (C=O) groups is 1. The van der Waals surface area contributed by atoms with Crippen LogP contribution >= 0.6 is 11.8 Å². The molecule has 2 heterocycles. The van der Waals surface area contributed by atoms with E-state index in [0.29, 0.717) is 13.1 Å². The Hall–Kier alpha value is -1.06. The molecule has 2 N–H and O–H groups in total. The monoisotopic (exact) mass is 305 g/mol. The quantitative estimate of drug-likeness (QED) is 0.848. The number of nitrogens with one attached hydrogen (secondary N) is 1. The largest absolute Gasteiger partial charge is 0.478 e. The predicted molar refractivity (Wildman–Crippen MR) is 70.8 cm³/mol. The van der Waals surface area contributed by atoms with Gasteiger partial charge in [-0.05, 0) is 0 Å². The highest BCUT2D eigenvalue weighted by Crippen LogP contribution is 2.29. The van der Waals surface area contributed by atoms with E-state index in [2.05, 4.69) is 10.2 Å². The number of rotatable bonds is 3. The third kappa shape index (κ3) is 2.77. The van der Waals surface area contributed by atoms with Crippen molar-refractivity contribution < 1.29 is 18.3 Å². The van der Waals surface area contributed by atoms with Gasteiger partial charge >= 0.3 is 5.97 Å². The maximum Gasteiger partial charge on any atom is 0.340 e. The van der Waals surface area contributed by atoms with Crippen molar-refractivity contribution in [3.63, 3.8) is 0 Å². The molecular weight excluding hydrogens is 290 g/mol. The Morgan fingerprint density at radius 1 is 1.47 bits per heavy atom. The highest BCUT2D eigenvalue weighted by molar-refractivity contribution is 8.00. The maximum atomic E-state index is 12.4. The van der Waals surface area contributed by atoms with Crippen molar-refractivity contribution in [3.8, 4) is 0 Å². The van der Waals surface area contributed by atoms with Crippen molar-refractivity contribution in [1.29, 1.82) is 0 Å². The molecule has 106 valence electrons. The zero-order valence-electron chi connectivity index (χ0n) is 10.5. The number of H-pyrrole nitrogens is 1. The molecule has 1 aromatic heterocycles. The van der Waals surface area contributed by atoms with Crippen molar-refractivity contribution in [1.82, 2.24) is 14.5 Å². The zero-order valence-corrected chi connectivity index (χ0v) is 12.2. The summed E-state index contributed by atoms with van der Waals surface area (Å²) in [6.07, 6.45) is 1.01. The van der Waals surface area contributed by atoms with Crippen LogP contribution in [0.1, 0.15) is 24.2 Å². The Morgan fingerprint density at radius 2 is 2.05 bits per heavy atom. The molecule has 1 saturated heterocycles. The second-order valence-electron chi connectivity index (χ2n) is 4.50. The average Bonchev–Trinajstić information content (AvgIpc) is 2.76. The van der Waals surface area contributed by atoms with Gasteiger partial charge in [0.25, 0.3) is 10.0 Å². The van der Waals surface area contributed by atoms with Gasteiger partial charge in [0, 0.05) is 23.6 Å². The lowest BCUT2D eigenvalue weighted by molar-refractivity contribution is 0.0692. The number of aromatic carboxylic acids is 1. The molecule has 0 saturated carbocycles. The van der Waals surface area contributed by atoms with Crippen molar-refractivity contribution in [3.05, 3.63) is 11.8 Å². The first-order valence-electron chi connectivity index (χ1n) is 5.74. The van der Waals surface area contributed by atoms with Crippen molar-refractivity contribution in [2.75, 3.05) is 13.1 Å². The van der Waals surface area contributed by atoms with Gasteiger partial charge in [-0.25, -0.2) is 13.2 Å². The Labute approximate surface area is 115 Å². The number of carboxylic acids is 1. The maximum absolute atomic E-state index is 12.4. The Bertz CT molecular complexity index is 573. The lowest BCUT2D eigenvalue weighted by Gasteiger charge is -2.33. The summed E-state index contributed by atoms with van der Waals surface area (Å²) in [7, 11) is -3.84. The van der Waals surface area contributed by atoms with Gasteiger partial charge in [0.05, 0.1) is 6.20 Å². The van der Waals surface area contributed by atoms with Crippen LogP contribution in [-0.2, 0) is 10.0 Å². The molecule has 0 amide bonds. The number of thioether (sulfide) groups is 1. The minimum absolute atomic E-state index is 0.176. The van der Waals surface area contributed by atoms with Crippen LogP contribution in [0.3, 0.4) is 0 Å². The van der Waals surface area contributed by atoms with E-state index >= 15 is 0 Å². The van der Waals surface area contributed by atoms with Gasteiger partial charge in [0.1, 0.15) is 5.56 Å². The summed E-state index contributed by atoms with van der Waals surface area (Å²) in [5.41, 5.74) is -0.321. The summed E-state index contributed by atoms with van der Waals surface area (Å²) < 4.78 is 26.2. The first-order chi connectivity index (χ1) is 8.82. The van der Waals surface area contributed by atoms with E-state index in [1.165, 1.54) is 4.31 Å². The molecule has 0 aliphatic carbocycles. The van der Waals surface area contributed by atoms with Crippen molar-refractivity contribution in [2.45, 2.75) is 29.4 Å². The summed E-state index contributed by atoms with van der Waals surface area (Å²) in [4.78, 5) is 11.0. The third-order valence-electron chi connectivity index (χ3n) is 2.82. The second kappa shape index (κ2) is 5.14. The lowest BCUT2D eigenvalue weighted by Crippen LogP contribution is -2.44. The molecule has 0 bridgehead atoms. The number of nitrogens with zero attached hydrogens (tertiary/aromatic N) is 2. The Kier molecular flexibility index (Phi) is 3.88. The van der Waals surface area contributed by atoms with E-state index in [-0.39, 0.29) is 21.1 Å². The first-order valence-corrected chi connectivity index (χ1v) is 8.13. The van der Waals surface area contributed by atoms with Crippen LogP contribution in [0.4, 0.5) is 0 Å². The standard InChI is InChI=1S/C10H15N3O4S2/c1-6-4-13(5-7(2)18-6)19(16,17)9-8(10(14)15)3-11-12-9/h3,6-7H,4-5H2,1-2H3,(H,11,12)(H,14,15). The molecule has 0 radical (unpaired) electrons. The third-order valence-corrected chi connectivity index (χ3v) is 5.85. The van der Waals surface area contributed by atoms with Crippen LogP contribution in [0.25, 0.3) is 0 Å². The van der Waals surface area contributed by atoms with Gasteiger partial charge < -0.3 is 5.11 Å². The summed E-state index contributed by atoms with van der Waals surface area (Å²) in [5, 5.41) is 14.8. The fourth-order valence-corrected chi connectivity index (χ4v) is 5.28. The van der Waals surface area contributed by atoms with Crippen molar-refractivity contribution in [2.24, 2.45) is 0 Å². The molecule has 9 heteroatoms. The van der Waals surface area contributed by atoms with Crippen LogP contribution in [-0.4, -0.2) is 57.6 Å². The van der Waals surface area contributed by atoms with E-state index in [1.54, 1.807) is 11.8 Å². The highest BCUT2D eigenvalue weighted by Gasteiger charge is 2.35. The molecule has 2 rings (SSSR count). The van der Waals surface area contributed by atoms with E-state index in [9.17, 15) is 13.2 Å². The highest BCUT2D eigenvalue weighted by atomic mass is 32.2. The molecule has 1 aliphatic heterocycles. The number of aromatic amines is 1. The topological polar surface area (TPSA) is 103 Å². The molecule has 1 fully saturated rings. The molecule has 0 aromatic carbocycles. The molecule has 19 heavy (non-hydrogen) atoms. The number of sulfonamides is 1. The molecule has 2 atom stereocenters. The molecule has 0 spiro atoms. The Morgan fingerprint density at radius 3 is 2.58 bits per heavy atom. The summed E-state index contributed by atoms with van der Waals surface area (Å²) in [5.74, 6) is -1.31. The lowest BCUT2D eigenvalue weighted by atomic mass is 10.4. The number of aromatic nitrogens is 2. The molecule has 2 unspecified atom stereocenters. The second-order valence-corrected chi connectivity index (χ2v) is 8.25.